The Balaban J connectivity index is 0.000000211. The fourth-order valence-corrected chi connectivity index (χ4v) is 1.90. The van der Waals surface area contributed by atoms with E-state index in [1.165, 1.54) is 11.1 Å². The molecule has 0 aliphatic carbocycles. The van der Waals surface area contributed by atoms with Crippen molar-refractivity contribution in [1.29, 1.82) is 0 Å². The predicted molar refractivity (Wildman–Crippen MR) is 91.9 cm³/mol. The molecule has 0 amide bonds. The molecule has 0 heterocycles. The summed E-state index contributed by atoms with van der Waals surface area (Å²) in [4.78, 5) is 0. The van der Waals surface area contributed by atoms with Crippen LogP contribution in [-0.4, -0.2) is 5.11 Å². The van der Waals surface area contributed by atoms with Crippen LogP contribution in [0.4, 0.5) is 0 Å². The van der Waals surface area contributed by atoms with Gasteiger partial charge in [-0.1, -0.05) is 84.0 Å². The van der Waals surface area contributed by atoms with E-state index in [0.717, 1.165) is 0 Å². The van der Waals surface area contributed by atoms with E-state index in [2.05, 4.69) is 71.9 Å². The van der Waals surface area contributed by atoms with Gasteiger partial charge in [0, 0.05) is 0 Å². The molecule has 2 aromatic rings. The molecule has 0 aliphatic rings. The quantitative estimate of drug-likeness (QED) is 0.660. The summed E-state index contributed by atoms with van der Waals surface area (Å²) in [6.07, 6.45) is 0. The SMILES string of the molecule is CC(C)(C)c1ccc(O)cc1.CC(C)(C)c1ccccc1. The van der Waals surface area contributed by atoms with E-state index in [-0.39, 0.29) is 5.41 Å². The minimum Gasteiger partial charge on any atom is -0.508 e. The second-order valence-electron chi connectivity index (χ2n) is 7.41. The molecule has 0 atom stereocenters. The summed E-state index contributed by atoms with van der Waals surface area (Å²) in [6.45, 7) is 13.1. The van der Waals surface area contributed by atoms with Gasteiger partial charge in [-0.05, 0) is 34.1 Å². The summed E-state index contributed by atoms with van der Waals surface area (Å²) in [7, 11) is 0. The average molecular weight is 284 g/mol. The van der Waals surface area contributed by atoms with Gasteiger partial charge in [-0.25, -0.2) is 0 Å². The zero-order valence-corrected chi connectivity index (χ0v) is 14.1. The summed E-state index contributed by atoms with van der Waals surface area (Å²) >= 11 is 0. The van der Waals surface area contributed by atoms with Crippen molar-refractivity contribution in [3.05, 3.63) is 65.7 Å². The van der Waals surface area contributed by atoms with Gasteiger partial charge in [0.15, 0.2) is 0 Å². The van der Waals surface area contributed by atoms with E-state index in [1.54, 1.807) is 12.1 Å². The Morgan fingerprint density at radius 3 is 1.29 bits per heavy atom. The molecular weight excluding hydrogens is 256 g/mol. The van der Waals surface area contributed by atoms with Crippen LogP contribution in [0.15, 0.2) is 54.6 Å². The lowest BCUT2D eigenvalue weighted by Crippen LogP contribution is -2.10. The van der Waals surface area contributed by atoms with Gasteiger partial charge in [0.25, 0.3) is 0 Å². The molecular formula is C20H28O. The first kappa shape index (κ1) is 17.3. The number of phenols is 1. The van der Waals surface area contributed by atoms with Crippen molar-refractivity contribution in [2.75, 3.05) is 0 Å². The minimum atomic E-state index is 0.174. The Bertz CT molecular complexity index is 525. The molecule has 2 rings (SSSR count). The van der Waals surface area contributed by atoms with Gasteiger partial charge >= 0.3 is 0 Å². The van der Waals surface area contributed by atoms with Crippen molar-refractivity contribution >= 4 is 0 Å². The maximum atomic E-state index is 9.02. The summed E-state index contributed by atoms with van der Waals surface area (Å²) in [5.74, 6) is 0.331. The van der Waals surface area contributed by atoms with Crippen molar-refractivity contribution in [2.24, 2.45) is 0 Å². The van der Waals surface area contributed by atoms with E-state index in [4.69, 9.17) is 5.11 Å². The smallest absolute Gasteiger partial charge is 0.115 e. The Morgan fingerprint density at radius 1 is 0.571 bits per heavy atom. The third-order valence-electron chi connectivity index (χ3n) is 3.37. The fraction of sp³-hybridized carbons (Fsp3) is 0.400. The molecule has 1 N–H and O–H groups in total. The monoisotopic (exact) mass is 284 g/mol. The number of rotatable bonds is 0. The average Bonchev–Trinajstić information content (AvgIpc) is 2.39. The lowest BCUT2D eigenvalue weighted by atomic mass is 9.87. The molecule has 21 heavy (non-hydrogen) atoms. The Kier molecular flexibility index (Phi) is 5.60. The maximum absolute atomic E-state index is 9.02. The zero-order chi connectivity index (χ0) is 16.1. The molecule has 1 nitrogen and oxygen atoms in total. The van der Waals surface area contributed by atoms with Gasteiger partial charge in [-0.15, -0.1) is 0 Å². The largest absolute Gasteiger partial charge is 0.508 e. The van der Waals surface area contributed by atoms with Crippen molar-refractivity contribution in [2.45, 2.75) is 52.4 Å². The minimum absolute atomic E-state index is 0.174. The topological polar surface area (TPSA) is 20.2 Å². The van der Waals surface area contributed by atoms with Crippen LogP contribution in [0.3, 0.4) is 0 Å². The highest BCUT2D eigenvalue weighted by Gasteiger charge is 2.12. The van der Waals surface area contributed by atoms with E-state index < -0.39 is 0 Å². The van der Waals surface area contributed by atoms with Crippen LogP contribution in [0.5, 0.6) is 5.75 Å². The molecule has 0 spiro atoms. The first-order valence-corrected chi connectivity index (χ1v) is 7.46. The molecule has 0 aromatic heterocycles. The molecule has 0 unspecified atom stereocenters. The van der Waals surface area contributed by atoms with E-state index >= 15 is 0 Å². The van der Waals surface area contributed by atoms with Gasteiger partial charge in [-0.2, -0.15) is 0 Å². The first-order chi connectivity index (χ1) is 9.60. The van der Waals surface area contributed by atoms with Crippen molar-refractivity contribution in [1.82, 2.24) is 0 Å². The van der Waals surface area contributed by atoms with Crippen LogP contribution < -0.4 is 0 Å². The highest BCUT2D eigenvalue weighted by atomic mass is 16.3. The summed E-state index contributed by atoms with van der Waals surface area (Å²) in [5.41, 5.74) is 3.11. The van der Waals surface area contributed by atoms with Crippen LogP contribution in [0.1, 0.15) is 52.7 Å². The Hall–Kier alpha value is -1.76. The molecule has 1 heteroatoms. The van der Waals surface area contributed by atoms with Crippen molar-refractivity contribution in [3.8, 4) is 5.75 Å². The van der Waals surface area contributed by atoms with Gasteiger partial charge in [0.1, 0.15) is 5.75 Å². The lowest BCUT2D eigenvalue weighted by Gasteiger charge is -2.18. The lowest BCUT2D eigenvalue weighted by molar-refractivity contribution is 0.474. The first-order valence-electron chi connectivity index (χ1n) is 7.46. The van der Waals surface area contributed by atoms with Gasteiger partial charge in [-0.3, -0.25) is 0 Å². The molecule has 0 aliphatic heterocycles. The maximum Gasteiger partial charge on any atom is 0.115 e. The Morgan fingerprint density at radius 2 is 0.952 bits per heavy atom. The number of hydrogen-bond acceptors (Lipinski definition) is 1. The second kappa shape index (κ2) is 6.80. The fourth-order valence-electron chi connectivity index (χ4n) is 1.90. The molecule has 0 radical (unpaired) electrons. The number of hydrogen-bond donors (Lipinski definition) is 1. The molecule has 0 saturated carbocycles. The van der Waals surface area contributed by atoms with Crippen molar-refractivity contribution < 1.29 is 5.11 Å². The zero-order valence-electron chi connectivity index (χ0n) is 14.1. The normalized spacial score (nSPS) is 11.5. The molecule has 0 fully saturated rings. The van der Waals surface area contributed by atoms with Gasteiger partial charge in [0.05, 0.1) is 0 Å². The van der Waals surface area contributed by atoms with Crippen LogP contribution in [0, 0.1) is 0 Å². The summed E-state index contributed by atoms with van der Waals surface area (Å²) in [5, 5.41) is 9.02. The van der Waals surface area contributed by atoms with E-state index in [9.17, 15) is 0 Å². The molecule has 114 valence electrons. The van der Waals surface area contributed by atoms with Crippen LogP contribution in [-0.2, 0) is 10.8 Å². The third-order valence-corrected chi connectivity index (χ3v) is 3.37. The number of benzene rings is 2. The number of phenolic OH excluding ortho intramolecular Hbond substituents is 1. The molecule has 2 aromatic carbocycles. The summed E-state index contributed by atoms with van der Waals surface area (Å²) < 4.78 is 0. The number of aromatic hydroxyl groups is 1. The molecule has 0 bridgehead atoms. The summed E-state index contributed by atoms with van der Waals surface area (Å²) in [6, 6.07) is 17.9. The highest BCUT2D eigenvalue weighted by molar-refractivity contribution is 5.29. The van der Waals surface area contributed by atoms with Crippen LogP contribution in [0.25, 0.3) is 0 Å². The van der Waals surface area contributed by atoms with Crippen LogP contribution in [0.2, 0.25) is 0 Å². The third kappa shape index (κ3) is 6.03. The molecule has 0 saturated heterocycles. The van der Waals surface area contributed by atoms with Crippen LogP contribution >= 0.6 is 0 Å². The van der Waals surface area contributed by atoms with Gasteiger partial charge in [0.2, 0.25) is 0 Å². The second-order valence-corrected chi connectivity index (χ2v) is 7.41. The predicted octanol–water partition coefficient (Wildman–Crippen LogP) is 5.67. The highest BCUT2D eigenvalue weighted by Crippen LogP contribution is 2.23. The van der Waals surface area contributed by atoms with Gasteiger partial charge < -0.3 is 5.11 Å². The van der Waals surface area contributed by atoms with E-state index in [0.29, 0.717) is 11.2 Å². The standard InChI is InChI=1S/C10H14O.C10H14/c1-10(2,3)8-4-6-9(11)7-5-8;1-10(2,3)9-7-5-4-6-8-9/h4-7,11H,1-3H3;4-8H,1-3H3. The Labute approximate surface area is 129 Å². The van der Waals surface area contributed by atoms with E-state index in [1.807, 2.05) is 12.1 Å². The van der Waals surface area contributed by atoms with Crippen molar-refractivity contribution in [3.63, 3.8) is 0 Å².